The lowest BCUT2D eigenvalue weighted by atomic mass is 10.1. The van der Waals surface area contributed by atoms with Crippen LogP contribution >= 0.6 is 0 Å². The van der Waals surface area contributed by atoms with Crippen molar-refractivity contribution >= 4 is 0 Å². The van der Waals surface area contributed by atoms with Crippen molar-refractivity contribution < 1.29 is 13.9 Å². The van der Waals surface area contributed by atoms with E-state index in [0.29, 0.717) is 19.6 Å². The van der Waals surface area contributed by atoms with Gasteiger partial charge in [-0.3, -0.25) is 4.90 Å². The van der Waals surface area contributed by atoms with Crippen molar-refractivity contribution in [1.29, 1.82) is 0 Å². The monoisotopic (exact) mass is 339 g/mol. The average Bonchev–Trinajstić information content (AvgIpc) is 3.02. The fourth-order valence-corrected chi connectivity index (χ4v) is 2.85. The predicted molar refractivity (Wildman–Crippen MR) is 95.4 cm³/mol. The molecule has 0 saturated heterocycles. The summed E-state index contributed by atoms with van der Waals surface area (Å²) < 4.78 is 18.8. The molecule has 0 bridgehead atoms. The van der Waals surface area contributed by atoms with Crippen molar-refractivity contribution in [3.8, 4) is 0 Å². The summed E-state index contributed by atoms with van der Waals surface area (Å²) >= 11 is 0. The van der Waals surface area contributed by atoms with Gasteiger partial charge >= 0.3 is 0 Å². The van der Waals surface area contributed by atoms with Gasteiger partial charge in [-0.1, -0.05) is 42.5 Å². The highest BCUT2D eigenvalue weighted by Gasteiger charge is 2.16. The number of benzene rings is 2. The van der Waals surface area contributed by atoms with Crippen LogP contribution in [0.5, 0.6) is 0 Å². The van der Waals surface area contributed by atoms with Crippen molar-refractivity contribution in [2.45, 2.75) is 26.1 Å². The number of halogens is 1. The lowest BCUT2D eigenvalue weighted by Crippen LogP contribution is -2.28. The number of hydrogen-bond donors (Lipinski definition) is 1. The molecular weight excluding hydrogens is 317 g/mol. The zero-order valence-corrected chi connectivity index (χ0v) is 14.2. The minimum Gasteiger partial charge on any atom is -0.465 e. The maximum Gasteiger partial charge on any atom is 0.123 e. The normalized spacial score (nSPS) is 12.5. The molecule has 0 amide bonds. The van der Waals surface area contributed by atoms with E-state index in [1.54, 1.807) is 12.1 Å². The molecule has 1 N–H and O–H groups in total. The van der Waals surface area contributed by atoms with E-state index in [1.807, 2.05) is 49.4 Å². The van der Waals surface area contributed by atoms with Crippen LogP contribution in [0.25, 0.3) is 0 Å². The third kappa shape index (κ3) is 5.02. The lowest BCUT2D eigenvalue weighted by molar-refractivity contribution is 0.100. The van der Waals surface area contributed by atoms with Gasteiger partial charge in [0.05, 0.1) is 12.6 Å². The third-order valence-corrected chi connectivity index (χ3v) is 4.11. The zero-order chi connectivity index (χ0) is 17.6. The second kappa shape index (κ2) is 8.10. The fourth-order valence-electron chi connectivity index (χ4n) is 2.85. The van der Waals surface area contributed by atoms with Gasteiger partial charge in [0.1, 0.15) is 17.3 Å². The molecule has 0 aliphatic carbocycles. The van der Waals surface area contributed by atoms with Crippen LogP contribution in [0.15, 0.2) is 71.1 Å². The van der Waals surface area contributed by atoms with E-state index in [0.717, 1.165) is 22.6 Å². The summed E-state index contributed by atoms with van der Waals surface area (Å²) in [4.78, 5) is 2.10. The van der Waals surface area contributed by atoms with Gasteiger partial charge in [0.25, 0.3) is 0 Å². The Hall–Kier alpha value is -2.43. The quantitative estimate of drug-likeness (QED) is 0.690. The van der Waals surface area contributed by atoms with Crippen LogP contribution in [0.4, 0.5) is 4.39 Å². The van der Waals surface area contributed by atoms with E-state index in [9.17, 15) is 9.50 Å². The van der Waals surface area contributed by atoms with Crippen LogP contribution in [0.2, 0.25) is 0 Å². The number of aliphatic hydroxyl groups is 1. The minimum absolute atomic E-state index is 0.249. The summed E-state index contributed by atoms with van der Waals surface area (Å²) in [6, 6.07) is 19.9. The van der Waals surface area contributed by atoms with Gasteiger partial charge in [-0.15, -0.1) is 0 Å². The molecule has 3 aromatic rings. The van der Waals surface area contributed by atoms with E-state index < -0.39 is 6.10 Å². The molecule has 0 fully saturated rings. The van der Waals surface area contributed by atoms with Gasteiger partial charge in [0.2, 0.25) is 0 Å². The Morgan fingerprint density at radius 3 is 2.32 bits per heavy atom. The Labute approximate surface area is 147 Å². The highest BCUT2D eigenvalue weighted by atomic mass is 19.1. The minimum atomic E-state index is -0.599. The van der Waals surface area contributed by atoms with Crippen molar-refractivity contribution in [2.75, 3.05) is 6.54 Å². The fraction of sp³-hybridized carbons (Fsp3) is 0.238. The molecular formula is C21H22FNO2. The maximum atomic E-state index is 13.1. The van der Waals surface area contributed by atoms with E-state index >= 15 is 0 Å². The highest BCUT2D eigenvalue weighted by molar-refractivity contribution is 5.19. The average molecular weight is 339 g/mol. The van der Waals surface area contributed by atoms with Crippen molar-refractivity contribution in [3.05, 3.63) is 95.2 Å². The van der Waals surface area contributed by atoms with Crippen LogP contribution in [-0.2, 0) is 13.1 Å². The Morgan fingerprint density at radius 1 is 0.960 bits per heavy atom. The number of furan rings is 1. The molecule has 0 aliphatic heterocycles. The predicted octanol–water partition coefficient (Wildman–Crippen LogP) is 4.46. The largest absolute Gasteiger partial charge is 0.465 e. The molecule has 4 heteroatoms. The second-order valence-corrected chi connectivity index (χ2v) is 6.23. The highest BCUT2D eigenvalue weighted by Crippen LogP contribution is 2.19. The molecule has 0 aliphatic rings. The van der Waals surface area contributed by atoms with E-state index in [4.69, 9.17) is 4.42 Å². The van der Waals surface area contributed by atoms with Gasteiger partial charge in [-0.2, -0.15) is 0 Å². The molecule has 0 radical (unpaired) electrons. The summed E-state index contributed by atoms with van der Waals surface area (Å²) in [6.45, 7) is 3.55. The van der Waals surface area contributed by atoms with Crippen LogP contribution in [0.3, 0.4) is 0 Å². The molecule has 3 nitrogen and oxygen atoms in total. The molecule has 1 aromatic heterocycles. The lowest BCUT2D eigenvalue weighted by Gasteiger charge is -2.24. The molecule has 130 valence electrons. The standard InChI is InChI=1S/C21H22FNO2/c1-16-7-12-20(25-16)14-23(13-17-8-10-19(22)11-9-17)15-21(24)18-5-3-2-4-6-18/h2-12,21,24H,13-15H2,1H3. The van der Waals surface area contributed by atoms with Crippen LogP contribution < -0.4 is 0 Å². The van der Waals surface area contributed by atoms with Gasteiger partial charge in [0.15, 0.2) is 0 Å². The molecule has 0 spiro atoms. The van der Waals surface area contributed by atoms with Gasteiger partial charge in [-0.05, 0) is 42.3 Å². The number of nitrogens with zero attached hydrogens (tertiary/aromatic N) is 1. The molecule has 2 aromatic carbocycles. The molecule has 1 atom stereocenters. The van der Waals surface area contributed by atoms with Crippen LogP contribution in [-0.4, -0.2) is 16.6 Å². The van der Waals surface area contributed by atoms with Gasteiger partial charge in [0, 0.05) is 13.1 Å². The van der Waals surface area contributed by atoms with E-state index in [1.165, 1.54) is 12.1 Å². The molecule has 25 heavy (non-hydrogen) atoms. The first-order chi connectivity index (χ1) is 12.1. The Bertz CT molecular complexity index is 783. The maximum absolute atomic E-state index is 13.1. The summed E-state index contributed by atoms with van der Waals surface area (Å²) in [6.07, 6.45) is -0.599. The molecule has 1 heterocycles. The number of aryl methyl sites for hydroxylation is 1. The number of aliphatic hydroxyl groups excluding tert-OH is 1. The summed E-state index contributed by atoms with van der Waals surface area (Å²) in [5.41, 5.74) is 1.87. The number of hydrogen-bond acceptors (Lipinski definition) is 3. The first-order valence-electron chi connectivity index (χ1n) is 8.35. The third-order valence-electron chi connectivity index (χ3n) is 4.11. The topological polar surface area (TPSA) is 36.6 Å². The Kier molecular flexibility index (Phi) is 5.64. The van der Waals surface area contributed by atoms with Crippen molar-refractivity contribution in [1.82, 2.24) is 4.90 Å². The van der Waals surface area contributed by atoms with Crippen molar-refractivity contribution in [2.24, 2.45) is 0 Å². The van der Waals surface area contributed by atoms with Crippen LogP contribution in [0.1, 0.15) is 28.8 Å². The second-order valence-electron chi connectivity index (χ2n) is 6.23. The Morgan fingerprint density at radius 2 is 1.68 bits per heavy atom. The number of rotatable bonds is 7. The summed E-state index contributed by atoms with van der Waals surface area (Å²) in [5.74, 6) is 1.46. The first kappa shape index (κ1) is 17.4. The Balaban J connectivity index is 1.74. The summed E-state index contributed by atoms with van der Waals surface area (Å²) in [7, 11) is 0. The summed E-state index contributed by atoms with van der Waals surface area (Å²) in [5, 5.41) is 10.6. The van der Waals surface area contributed by atoms with Crippen molar-refractivity contribution in [3.63, 3.8) is 0 Å². The SMILES string of the molecule is Cc1ccc(CN(Cc2ccc(F)cc2)CC(O)c2ccccc2)o1. The van der Waals surface area contributed by atoms with E-state index in [2.05, 4.69) is 4.90 Å². The zero-order valence-electron chi connectivity index (χ0n) is 14.2. The molecule has 1 unspecified atom stereocenters. The van der Waals surface area contributed by atoms with E-state index in [-0.39, 0.29) is 5.82 Å². The van der Waals surface area contributed by atoms with Gasteiger partial charge in [-0.25, -0.2) is 4.39 Å². The van der Waals surface area contributed by atoms with Gasteiger partial charge < -0.3 is 9.52 Å². The first-order valence-corrected chi connectivity index (χ1v) is 8.35. The molecule has 3 rings (SSSR count). The molecule has 0 saturated carbocycles. The smallest absolute Gasteiger partial charge is 0.123 e. The van der Waals surface area contributed by atoms with Crippen LogP contribution in [0, 0.1) is 12.7 Å².